The van der Waals surface area contributed by atoms with Crippen molar-refractivity contribution in [2.75, 3.05) is 26.2 Å². The molecule has 0 fully saturated rings. The first-order chi connectivity index (χ1) is 12.1. The molecule has 5 heteroatoms. The molecule has 0 heterocycles. The van der Waals surface area contributed by atoms with Crippen LogP contribution in [-0.2, 0) is 13.2 Å². The van der Waals surface area contributed by atoms with Crippen molar-refractivity contribution in [1.29, 1.82) is 0 Å². The van der Waals surface area contributed by atoms with Gasteiger partial charge in [-0.1, -0.05) is 43.6 Å². The molecule has 25 heavy (non-hydrogen) atoms. The average molecular weight is 365 g/mol. The SMILES string of the molecule is CCN(CC)CCNCc1cccc(OCc2ccc(F)cc2Cl)c1. The van der Waals surface area contributed by atoms with Crippen molar-refractivity contribution in [2.24, 2.45) is 0 Å². The third kappa shape index (κ3) is 6.65. The maximum absolute atomic E-state index is 13.1. The molecule has 0 aromatic heterocycles. The van der Waals surface area contributed by atoms with Crippen molar-refractivity contribution in [1.82, 2.24) is 10.2 Å². The van der Waals surface area contributed by atoms with Gasteiger partial charge in [0.15, 0.2) is 0 Å². The summed E-state index contributed by atoms with van der Waals surface area (Å²) >= 11 is 6.03. The molecule has 0 atom stereocenters. The van der Waals surface area contributed by atoms with Gasteiger partial charge in [0, 0.05) is 25.2 Å². The normalized spacial score (nSPS) is 11.1. The molecule has 0 aliphatic carbocycles. The van der Waals surface area contributed by atoms with Crippen LogP contribution in [0.2, 0.25) is 5.02 Å². The second-order valence-corrected chi connectivity index (χ2v) is 6.28. The predicted octanol–water partition coefficient (Wildman–Crippen LogP) is 4.49. The van der Waals surface area contributed by atoms with Crippen LogP contribution in [0.4, 0.5) is 4.39 Å². The van der Waals surface area contributed by atoms with Gasteiger partial charge in [0.25, 0.3) is 0 Å². The van der Waals surface area contributed by atoms with Crippen LogP contribution in [0.5, 0.6) is 5.75 Å². The van der Waals surface area contributed by atoms with Crippen LogP contribution in [0.1, 0.15) is 25.0 Å². The number of nitrogens with zero attached hydrogens (tertiary/aromatic N) is 1. The average Bonchev–Trinajstić information content (AvgIpc) is 2.61. The Morgan fingerprint density at radius 2 is 1.92 bits per heavy atom. The van der Waals surface area contributed by atoms with E-state index in [2.05, 4.69) is 30.1 Å². The lowest BCUT2D eigenvalue weighted by atomic mass is 10.2. The van der Waals surface area contributed by atoms with E-state index in [0.29, 0.717) is 11.6 Å². The lowest BCUT2D eigenvalue weighted by Gasteiger charge is -2.18. The van der Waals surface area contributed by atoms with E-state index >= 15 is 0 Å². The zero-order valence-electron chi connectivity index (χ0n) is 14.9. The Labute approximate surface area is 154 Å². The van der Waals surface area contributed by atoms with Gasteiger partial charge in [-0.05, 0) is 42.9 Å². The summed E-state index contributed by atoms with van der Waals surface area (Å²) in [6.07, 6.45) is 0. The molecule has 136 valence electrons. The molecule has 0 aliphatic heterocycles. The second kappa shape index (κ2) is 10.4. The van der Waals surface area contributed by atoms with E-state index in [1.165, 1.54) is 17.7 Å². The maximum atomic E-state index is 13.1. The number of hydrogen-bond acceptors (Lipinski definition) is 3. The third-order valence-corrected chi connectivity index (χ3v) is 4.49. The second-order valence-electron chi connectivity index (χ2n) is 5.88. The Morgan fingerprint density at radius 3 is 2.64 bits per heavy atom. The lowest BCUT2D eigenvalue weighted by molar-refractivity contribution is 0.301. The molecule has 0 amide bonds. The molecule has 0 aliphatic rings. The predicted molar refractivity (Wildman–Crippen MR) is 102 cm³/mol. The van der Waals surface area contributed by atoms with Gasteiger partial charge in [-0.15, -0.1) is 0 Å². The minimum absolute atomic E-state index is 0.317. The van der Waals surface area contributed by atoms with Gasteiger partial charge in [0.05, 0.1) is 5.02 Å². The molecule has 0 bridgehead atoms. The van der Waals surface area contributed by atoms with E-state index in [4.69, 9.17) is 16.3 Å². The molecule has 3 nitrogen and oxygen atoms in total. The number of likely N-dealkylation sites (N-methyl/N-ethyl adjacent to an activating group) is 1. The first kappa shape index (κ1) is 19.7. The maximum Gasteiger partial charge on any atom is 0.124 e. The Bertz CT molecular complexity index is 662. The molecule has 2 rings (SSSR count). The molecular weight excluding hydrogens is 339 g/mol. The van der Waals surface area contributed by atoms with Crippen molar-refractivity contribution in [3.63, 3.8) is 0 Å². The number of benzene rings is 2. The zero-order valence-corrected chi connectivity index (χ0v) is 15.7. The highest BCUT2D eigenvalue weighted by atomic mass is 35.5. The van der Waals surface area contributed by atoms with Gasteiger partial charge < -0.3 is 15.0 Å². The zero-order chi connectivity index (χ0) is 18.1. The van der Waals surface area contributed by atoms with Gasteiger partial charge in [0.2, 0.25) is 0 Å². The number of ether oxygens (including phenoxy) is 1. The quantitative estimate of drug-likeness (QED) is 0.629. The summed E-state index contributed by atoms with van der Waals surface area (Å²) in [6, 6.07) is 12.3. The lowest BCUT2D eigenvalue weighted by Crippen LogP contribution is -2.31. The van der Waals surface area contributed by atoms with Gasteiger partial charge in [-0.25, -0.2) is 4.39 Å². The fourth-order valence-electron chi connectivity index (χ4n) is 2.55. The monoisotopic (exact) mass is 364 g/mol. The first-order valence-electron chi connectivity index (χ1n) is 8.71. The molecule has 0 saturated carbocycles. The van der Waals surface area contributed by atoms with Gasteiger partial charge >= 0.3 is 0 Å². The van der Waals surface area contributed by atoms with Crippen LogP contribution in [0, 0.1) is 5.82 Å². The third-order valence-electron chi connectivity index (χ3n) is 4.14. The van der Waals surface area contributed by atoms with E-state index in [-0.39, 0.29) is 5.82 Å². The minimum Gasteiger partial charge on any atom is -0.489 e. The molecule has 0 radical (unpaired) electrons. The van der Waals surface area contributed by atoms with Gasteiger partial charge in [0.1, 0.15) is 18.2 Å². The molecule has 0 saturated heterocycles. The summed E-state index contributed by atoms with van der Waals surface area (Å²) in [7, 11) is 0. The Balaban J connectivity index is 1.82. The largest absolute Gasteiger partial charge is 0.489 e. The molecule has 2 aromatic rings. The molecule has 1 N–H and O–H groups in total. The summed E-state index contributed by atoms with van der Waals surface area (Å²) in [5, 5.41) is 3.84. The van der Waals surface area contributed by atoms with Gasteiger partial charge in [-0.2, -0.15) is 0 Å². The van der Waals surface area contributed by atoms with E-state index in [1.54, 1.807) is 6.07 Å². The van der Waals surface area contributed by atoms with Gasteiger partial charge in [-0.3, -0.25) is 0 Å². The van der Waals surface area contributed by atoms with Crippen molar-refractivity contribution in [3.8, 4) is 5.75 Å². The Kier molecular flexibility index (Phi) is 8.19. The van der Waals surface area contributed by atoms with Crippen molar-refractivity contribution >= 4 is 11.6 Å². The number of halogens is 2. The number of hydrogen-bond donors (Lipinski definition) is 1. The smallest absolute Gasteiger partial charge is 0.124 e. The van der Waals surface area contributed by atoms with E-state index in [1.807, 2.05) is 18.2 Å². The topological polar surface area (TPSA) is 24.5 Å². The summed E-state index contributed by atoms with van der Waals surface area (Å²) in [5.41, 5.74) is 1.94. The van der Waals surface area contributed by atoms with Crippen LogP contribution >= 0.6 is 11.6 Å². The fraction of sp³-hybridized carbons (Fsp3) is 0.400. The van der Waals surface area contributed by atoms with Crippen LogP contribution in [0.25, 0.3) is 0 Å². The van der Waals surface area contributed by atoms with Crippen LogP contribution in [0.15, 0.2) is 42.5 Å². The molecule has 0 unspecified atom stereocenters. The molecule has 2 aromatic carbocycles. The van der Waals surface area contributed by atoms with Crippen molar-refractivity contribution in [2.45, 2.75) is 27.0 Å². The van der Waals surface area contributed by atoms with E-state index in [0.717, 1.165) is 44.0 Å². The Hall–Kier alpha value is -1.62. The highest BCUT2D eigenvalue weighted by molar-refractivity contribution is 6.31. The number of nitrogens with one attached hydrogen (secondary N) is 1. The van der Waals surface area contributed by atoms with Crippen molar-refractivity contribution in [3.05, 3.63) is 64.4 Å². The van der Waals surface area contributed by atoms with Crippen LogP contribution < -0.4 is 10.1 Å². The van der Waals surface area contributed by atoms with Crippen LogP contribution in [-0.4, -0.2) is 31.1 Å². The summed E-state index contributed by atoms with van der Waals surface area (Å²) < 4.78 is 18.9. The first-order valence-corrected chi connectivity index (χ1v) is 9.09. The summed E-state index contributed by atoms with van der Waals surface area (Å²) in [6.45, 7) is 9.63. The van der Waals surface area contributed by atoms with E-state index < -0.39 is 0 Å². The Morgan fingerprint density at radius 1 is 1.12 bits per heavy atom. The van der Waals surface area contributed by atoms with Crippen LogP contribution in [0.3, 0.4) is 0 Å². The standard InChI is InChI=1S/C20H26ClFN2O/c1-3-24(4-2)11-10-23-14-16-6-5-7-19(12-16)25-15-17-8-9-18(22)13-20(17)21/h5-9,12-13,23H,3-4,10-11,14-15H2,1-2H3. The number of rotatable bonds is 10. The van der Waals surface area contributed by atoms with E-state index in [9.17, 15) is 4.39 Å². The van der Waals surface area contributed by atoms with Crippen molar-refractivity contribution < 1.29 is 9.13 Å². The fourth-order valence-corrected chi connectivity index (χ4v) is 2.78. The highest BCUT2D eigenvalue weighted by Crippen LogP contribution is 2.20. The highest BCUT2D eigenvalue weighted by Gasteiger charge is 2.04. The molecular formula is C20H26ClFN2O. The minimum atomic E-state index is -0.341. The molecule has 0 spiro atoms. The summed E-state index contributed by atoms with van der Waals surface area (Å²) in [5.74, 6) is 0.440. The summed E-state index contributed by atoms with van der Waals surface area (Å²) in [4.78, 5) is 2.39.